The minimum absolute atomic E-state index is 0.0435. The average Bonchev–Trinajstić information content (AvgIpc) is 2.30. The Morgan fingerprint density at radius 2 is 1.95 bits per heavy atom. The summed E-state index contributed by atoms with van der Waals surface area (Å²) in [6.45, 7) is 12.3. The molecule has 5 nitrogen and oxygen atoms in total. The number of hydrogen-bond donors (Lipinski definition) is 1. The molecule has 0 aromatic heterocycles. The Morgan fingerprint density at radius 3 is 2.42 bits per heavy atom. The van der Waals surface area contributed by atoms with Gasteiger partial charge in [0.2, 0.25) is 11.8 Å². The van der Waals surface area contributed by atoms with E-state index in [4.69, 9.17) is 4.74 Å². The number of carbonyl (C=O) groups is 2. The number of rotatable bonds is 5. The van der Waals surface area contributed by atoms with E-state index >= 15 is 0 Å². The lowest BCUT2D eigenvalue weighted by Crippen LogP contribution is -2.70. The summed E-state index contributed by atoms with van der Waals surface area (Å²) in [6.07, 6.45) is 0. The summed E-state index contributed by atoms with van der Waals surface area (Å²) in [6, 6.07) is -0.527. The molecule has 1 heterocycles. The molecule has 1 aliphatic rings. The normalized spacial score (nSPS) is 24.6. The van der Waals surface area contributed by atoms with Gasteiger partial charge in [0.25, 0.3) is 0 Å². The lowest BCUT2D eigenvalue weighted by Gasteiger charge is -2.46. The van der Waals surface area contributed by atoms with E-state index in [-0.39, 0.29) is 23.8 Å². The van der Waals surface area contributed by atoms with Crippen LogP contribution in [-0.4, -0.2) is 47.6 Å². The summed E-state index contributed by atoms with van der Waals surface area (Å²) in [4.78, 5) is 26.3. The van der Waals surface area contributed by atoms with Crippen LogP contribution in [0.5, 0.6) is 0 Å². The van der Waals surface area contributed by atoms with Crippen molar-refractivity contribution < 1.29 is 14.3 Å². The molecular formula is C14H26N2O3. The Bertz CT molecular complexity index is 353. The van der Waals surface area contributed by atoms with Crippen LogP contribution in [0.2, 0.25) is 0 Å². The van der Waals surface area contributed by atoms with Crippen LogP contribution in [0.1, 0.15) is 41.5 Å². The van der Waals surface area contributed by atoms with Gasteiger partial charge in [0, 0.05) is 6.61 Å². The van der Waals surface area contributed by atoms with Crippen molar-refractivity contribution in [2.75, 3.05) is 13.2 Å². The monoisotopic (exact) mass is 270 g/mol. The predicted molar refractivity (Wildman–Crippen MR) is 73.6 cm³/mol. The summed E-state index contributed by atoms with van der Waals surface area (Å²) in [7, 11) is 0. The molecule has 0 aromatic rings. The highest BCUT2D eigenvalue weighted by molar-refractivity contribution is 5.99. The molecule has 1 rings (SSSR count). The summed E-state index contributed by atoms with van der Waals surface area (Å²) in [5.74, 6) is 0.0874. The standard InChI is InChI=1S/C14H26N2O3/c1-7-19-8-11(9(2)3)16-10(4)12(17)15-14(5,6)13(16)18/h9-11H,7-8H2,1-6H3,(H,15,17). The molecule has 0 bridgehead atoms. The Balaban J connectivity index is 3.03. The predicted octanol–water partition coefficient (Wildman–Crippen LogP) is 1.17. The highest BCUT2D eigenvalue weighted by Crippen LogP contribution is 2.24. The molecule has 19 heavy (non-hydrogen) atoms. The van der Waals surface area contributed by atoms with Crippen molar-refractivity contribution in [3.63, 3.8) is 0 Å². The summed E-state index contributed by atoms with van der Waals surface area (Å²) in [5, 5.41) is 2.76. The Hall–Kier alpha value is -1.10. The van der Waals surface area contributed by atoms with Crippen molar-refractivity contribution in [1.29, 1.82) is 0 Å². The first-order valence-electron chi connectivity index (χ1n) is 6.95. The highest BCUT2D eigenvalue weighted by atomic mass is 16.5. The molecule has 110 valence electrons. The van der Waals surface area contributed by atoms with Crippen LogP contribution in [0, 0.1) is 5.92 Å². The molecule has 1 fully saturated rings. The fourth-order valence-corrected chi connectivity index (χ4v) is 2.36. The van der Waals surface area contributed by atoms with Crippen molar-refractivity contribution in [3.8, 4) is 0 Å². The second-order valence-electron chi connectivity index (χ2n) is 5.97. The molecule has 1 N–H and O–H groups in total. The number of hydrogen-bond acceptors (Lipinski definition) is 3. The van der Waals surface area contributed by atoms with E-state index in [1.165, 1.54) is 0 Å². The quantitative estimate of drug-likeness (QED) is 0.816. The van der Waals surface area contributed by atoms with Gasteiger partial charge in [-0.25, -0.2) is 0 Å². The molecule has 0 aliphatic carbocycles. The average molecular weight is 270 g/mol. The van der Waals surface area contributed by atoms with Crippen LogP contribution in [-0.2, 0) is 14.3 Å². The fourth-order valence-electron chi connectivity index (χ4n) is 2.36. The van der Waals surface area contributed by atoms with Gasteiger partial charge in [-0.3, -0.25) is 9.59 Å². The largest absolute Gasteiger partial charge is 0.380 e. The lowest BCUT2D eigenvalue weighted by molar-refractivity contribution is -0.158. The second-order valence-corrected chi connectivity index (χ2v) is 5.97. The molecule has 2 unspecified atom stereocenters. The van der Waals surface area contributed by atoms with Gasteiger partial charge in [-0.2, -0.15) is 0 Å². The SMILES string of the molecule is CCOCC(C(C)C)N1C(=O)C(C)(C)NC(=O)C1C. The smallest absolute Gasteiger partial charge is 0.248 e. The molecule has 5 heteroatoms. The van der Waals surface area contributed by atoms with Crippen LogP contribution >= 0.6 is 0 Å². The first-order valence-corrected chi connectivity index (χ1v) is 6.95. The van der Waals surface area contributed by atoms with Crippen LogP contribution in [0.3, 0.4) is 0 Å². The van der Waals surface area contributed by atoms with E-state index < -0.39 is 11.6 Å². The third-order valence-corrected chi connectivity index (χ3v) is 3.62. The maximum absolute atomic E-state index is 12.6. The highest BCUT2D eigenvalue weighted by Gasteiger charge is 2.46. The summed E-state index contributed by atoms with van der Waals surface area (Å²) in [5.41, 5.74) is -0.844. The Labute approximate surface area is 115 Å². The van der Waals surface area contributed by atoms with E-state index in [0.717, 1.165) is 0 Å². The van der Waals surface area contributed by atoms with E-state index in [2.05, 4.69) is 5.32 Å². The number of nitrogens with one attached hydrogen (secondary N) is 1. The van der Waals surface area contributed by atoms with Crippen molar-refractivity contribution in [1.82, 2.24) is 10.2 Å². The zero-order chi connectivity index (χ0) is 14.8. The third kappa shape index (κ3) is 3.26. The number of carbonyl (C=O) groups excluding carboxylic acids is 2. The topological polar surface area (TPSA) is 58.6 Å². The van der Waals surface area contributed by atoms with Gasteiger partial charge in [0.05, 0.1) is 12.6 Å². The molecule has 2 amide bonds. The molecule has 0 spiro atoms. The van der Waals surface area contributed by atoms with E-state index in [9.17, 15) is 9.59 Å². The van der Waals surface area contributed by atoms with Gasteiger partial charge in [-0.15, -0.1) is 0 Å². The first-order chi connectivity index (χ1) is 8.72. The minimum Gasteiger partial charge on any atom is -0.380 e. The zero-order valence-electron chi connectivity index (χ0n) is 12.8. The maximum Gasteiger partial charge on any atom is 0.248 e. The molecular weight excluding hydrogens is 244 g/mol. The van der Waals surface area contributed by atoms with Crippen molar-refractivity contribution >= 4 is 11.8 Å². The molecule has 0 saturated carbocycles. The molecule has 1 saturated heterocycles. The van der Waals surface area contributed by atoms with Gasteiger partial charge in [-0.05, 0) is 33.6 Å². The van der Waals surface area contributed by atoms with Crippen molar-refractivity contribution in [2.24, 2.45) is 5.92 Å². The molecule has 2 atom stereocenters. The molecule has 0 radical (unpaired) electrons. The Morgan fingerprint density at radius 1 is 1.37 bits per heavy atom. The third-order valence-electron chi connectivity index (χ3n) is 3.62. The second kappa shape index (κ2) is 5.90. The van der Waals surface area contributed by atoms with Crippen LogP contribution in [0.25, 0.3) is 0 Å². The van der Waals surface area contributed by atoms with Crippen LogP contribution < -0.4 is 5.32 Å². The number of ether oxygens (including phenoxy) is 1. The van der Waals surface area contributed by atoms with E-state index in [0.29, 0.717) is 13.2 Å². The van der Waals surface area contributed by atoms with Crippen LogP contribution in [0.15, 0.2) is 0 Å². The number of amides is 2. The van der Waals surface area contributed by atoms with Gasteiger partial charge in [0.1, 0.15) is 11.6 Å². The van der Waals surface area contributed by atoms with Crippen molar-refractivity contribution in [3.05, 3.63) is 0 Å². The van der Waals surface area contributed by atoms with Gasteiger partial charge in [-0.1, -0.05) is 13.8 Å². The van der Waals surface area contributed by atoms with Gasteiger partial charge in [0.15, 0.2) is 0 Å². The Kier molecular flexibility index (Phi) is 4.96. The summed E-state index contributed by atoms with van der Waals surface area (Å²) >= 11 is 0. The molecule has 0 aromatic carbocycles. The first kappa shape index (κ1) is 16.0. The fraction of sp³-hybridized carbons (Fsp3) is 0.857. The lowest BCUT2D eigenvalue weighted by atomic mass is 9.92. The van der Waals surface area contributed by atoms with Crippen LogP contribution in [0.4, 0.5) is 0 Å². The summed E-state index contributed by atoms with van der Waals surface area (Å²) < 4.78 is 5.48. The van der Waals surface area contributed by atoms with Crippen molar-refractivity contribution in [2.45, 2.75) is 59.2 Å². The number of nitrogens with zero attached hydrogens (tertiary/aromatic N) is 1. The minimum atomic E-state index is -0.844. The van der Waals surface area contributed by atoms with Gasteiger partial charge >= 0.3 is 0 Å². The van der Waals surface area contributed by atoms with E-state index in [1.54, 1.807) is 25.7 Å². The zero-order valence-corrected chi connectivity index (χ0v) is 12.8. The van der Waals surface area contributed by atoms with E-state index in [1.807, 2.05) is 20.8 Å². The maximum atomic E-state index is 12.6. The number of piperazine rings is 1. The molecule has 1 aliphatic heterocycles. The van der Waals surface area contributed by atoms with Gasteiger partial charge < -0.3 is 15.0 Å².